The normalized spacial score (nSPS) is 12.6. The van der Waals surface area contributed by atoms with E-state index in [1.165, 1.54) is 34.6 Å². The molecule has 0 spiro atoms. The summed E-state index contributed by atoms with van der Waals surface area (Å²) in [7, 11) is 0. The van der Waals surface area contributed by atoms with E-state index < -0.39 is 0 Å². The first-order chi connectivity index (χ1) is 13.4. The van der Waals surface area contributed by atoms with Gasteiger partial charge >= 0.3 is 0 Å². The van der Waals surface area contributed by atoms with Crippen LogP contribution in [0.3, 0.4) is 0 Å². The molecule has 0 aliphatic carbocycles. The van der Waals surface area contributed by atoms with Crippen LogP contribution in [0.15, 0.2) is 97.2 Å². The Morgan fingerprint density at radius 2 is 1.25 bits per heavy atom. The minimum absolute atomic E-state index is 0. The van der Waals surface area contributed by atoms with Crippen LogP contribution in [-0.2, 0) is 13.0 Å². The maximum Gasteiger partial charge on any atom is 0.257 e. The van der Waals surface area contributed by atoms with Crippen LogP contribution in [-0.4, -0.2) is 4.57 Å². The topological polar surface area (TPSA) is 8.81 Å². The van der Waals surface area contributed by atoms with E-state index in [-0.39, 0.29) is 23.0 Å². The molecule has 4 aromatic rings. The SMILES string of the molecule is [Br-].c1ccc(-c2c[n+](C(c3ccccc3)c3ccccc3)c3n2CCC3)cc1. The quantitative estimate of drug-likeness (QED) is 0.438. The fourth-order valence-electron chi connectivity index (χ4n) is 4.31. The zero-order chi connectivity index (χ0) is 18.1. The standard InChI is InChI=1S/C25H23N2.BrH/c1-4-11-20(12-5-1)23-19-27(24-17-10-18-26(23)24)25(21-13-6-2-7-14-21)22-15-8-3-9-16-22;/h1-9,11-16,19,25H,10,17-18H2;1H/q+1;/p-1. The molecule has 1 aliphatic rings. The highest BCUT2D eigenvalue weighted by molar-refractivity contribution is 5.58. The predicted octanol–water partition coefficient (Wildman–Crippen LogP) is 2.03. The number of hydrogen-bond donors (Lipinski definition) is 0. The van der Waals surface area contributed by atoms with Crippen molar-refractivity contribution in [3.8, 4) is 11.3 Å². The number of rotatable bonds is 4. The molecule has 0 unspecified atom stereocenters. The molecule has 0 saturated heterocycles. The van der Waals surface area contributed by atoms with Crippen molar-refractivity contribution in [2.45, 2.75) is 25.4 Å². The van der Waals surface area contributed by atoms with Gasteiger partial charge in [0.2, 0.25) is 0 Å². The smallest absolute Gasteiger partial charge is 0.257 e. The first-order valence-corrected chi connectivity index (χ1v) is 9.71. The number of imidazole rings is 1. The van der Waals surface area contributed by atoms with E-state index >= 15 is 0 Å². The molecular weight excluding hydrogens is 408 g/mol. The van der Waals surface area contributed by atoms with Gasteiger partial charge in [0.05, 0.1) is 13.0 Å². The van der Waals surface area contributed by atoms with Gasteiger partial charge in [-0.15, -0.1) is 0 Å². The monoisotopic (exact) mass is 430 g/mol. The fraction of sp³-hybridized carbons (Fsp3) is 0.160. The zero-order valence-electron chi connectivity index (χ0n) is 15.7. The van der Waals surface area contributed by atoms with E-state index in [0.29, 0.717) is 0 Å². The van der Waals surface area contributed by atoms with Crippen molar-refractivity contribution >= 4 is 0 Å². The molecular formula is C25H23BrN2. The maximum atomic E-state index is 2.51. The number of nitrogens with zero attached hydrogens (tertiary/aromatic N) is 2. The summed E-state index contributed by atoms with van der Waals surface area (Å²) < 4.78 is 5.01. The lowest BCUT2D eigenvalue weighted by Gasteiger charge is -2.16. The molecule has 0 radical (unpaired) electrons. The van der Waals surface area contributed by atoms with Crippen LogP contribution >= 0.6 is 0 Å². The van der Waals surface area contributed by atoms with Crippen molar-refractivity contribution in [3.63, 3.8) is 0 Å². The Morgan fingerprint density at radius 3 is 1.82 bits per heavy atom. The largest absolute Gasteiger partial charge is 1.00 e. The average molecular weight is 431 g/mol. The molecule has 1 aliphatic heterocycles. The van der Waals surface area contributed by atoms with Gasteiger partial charge in [-0.25, -0.2) is 9.13 Å². The first-order valence-electron chi connectivity index (χ1n) is 9.71. The van der Waals surface area contributed by atoms with Crippen molar-refractivity contribution in [2.24, 2.45) is 0 Å². The van der Waals surface area contributed by atoms with Crippen LogP contribution in [0, 0.1) is 0 Å². The molecule has 3 aromatic carbocycles. The van der Waals surface area contributed by atoms with Gasteiger partial charge in [-0.3, -0.25) is 0 Å². The van der Waals surface area contributed by atoms with Crippen molar-refractivity contribution in [3.05, 3.63) is 114 Å². The summed E-state index contributed by atoms with van der Waals surface area (Å²) in [5, 5.41) is 0. The van der Waals surface area contributed by atoms with Crippen LogP contribution in [0.25, 0.3) is 11.3 Å². The summed E-state index contributed by atoms with van der Waals surface area (Å²) in [4.78, 5) is 0. The van der Waals surface area contributed by atoms with E-state index in [0.717, 1.165) is 13.0 Å². The van der Waals surface area contributed by atoms with E-state index in [1.807, 2.05) is 0 Å². The molecule has 140 valence electrons. The fourth-order valence-corrected chi connectivity index (χ4v) is 4.31. The lowest BCUT2D eigenvalue weighted by Crippen LogP contribution is -3.00. The van der Waals surface area contributed by atoms with Gasteiger partial charge in [0, 0.05) is 16.7 Å². The predicted molar refractivity (Wildman–Crippen MR) is 109 cm³/mol. The van der Waals surface area contributed by atoms with Crippen molar-refractivity contribution < 1.29 is 21.5 Å². The van der Waals surface area contributed by atoms with Crippen LogP contribution < -0.4 is 21.5 Å². The number of benzene rings is 3. The lowest BCUT2D eigenvalue weighted by molar-refractivity contribution is -0.710. The van der Waals surface area contributed by atoms with Gasteiger partial charge < -0.3 is 17.0 Å². The molecule has 3 heteroatoms. The van der Waals surface area contributed by atoms with Crippen molar-refractivity contribution in [1.82, 2.24) is 4.57 Å². The zero-order valence-corrected chi connectivity index (χ0v) is 17.3. The summed E-state index contributed by atoms with van der Waals surface area (Å²) in [5.41, 5.74) is 5.27. The summed E-state index contributed by atoms with van der Waals surface area (Å²) in [6.07, 6.45) is 4.70. The lowest BCUT2D eigenvalue weighted by atomic mass is 9.98. The third-order valence-electron chi connectivity index (χ3n) is 5.52. The Bertz CT molecular complexity index is 1000. The van der Waals surface area contributed by atoms with E-state index in [1.54, 1.807) is 0 Å². The molecule has 0 bridgehead atoms. The number of aromatic nitrogens is 2. The molecule has 28 heavy (non-hydrogen) atoms. The van der Waals surface area contributed by atoms with Crippen LogP contribution in [0.4, 0.5) is 0 Å². The number of halogens is 1. The van der Waals surface area contributed by atoms with Gasteiger partial charge in [0.15, 0.2) is 11.7 Å². The first kappa shape index (κ1) is 18.7. The van der Waals surface area contributed by atoms with Crippen molar-refractivity contribution in [1.29, 1.82) is 0 Å². The van der Waals surface area contributed by atoms with Gasteiger partial charge in [-0.05, 0) is 6.42 Å². The maximum absolute atomic E-state index is 2.51. The number of hydrogen-bond acceptors (Lipinski definition) is 0. The molecule has 5 rings (SSSR count). The average Bonchev–Trinajstić information content (AvgIpc) is 3.34. The molecule has 0 atom stereocenters. The molecule has 0 saturated carbocycles. The second-order valence-corrected chi connectivity index (χ2v) is 7.18. The Labute approximate surface area is 176 Å². The Balaban J connectivity index is 0.00000192. The van der Waals surface area contributed by atoms with Crippen molar-refractivity contribution in [2.75, 3.05) is 0 Å². The second kappa shape index (κ2) is 8.15. The summed E-state index contributed by atoms with van der Waals surface area (Å²) in [6, 6.07) is 32.7. The van der Waals surface area contributed by atoms with E-state index in [4.69, 9.17) is 0 Å². The second-order valence-electron chi connectivity index (χ2n) is 7.18. The number of fused-ring (bicyclic) bond motifs is 1. The van der Waals surface area contributed by atoms with Crippen LogP contribution in [0.5, 0.6) is 0 Å². The minimum atomic E-state index is 0. The van der Waals surface area contributed by atoms with Crippen LogP contribution in [0.1, 0.15) is 29.4 Å². The Morgan fingerprint density at radius 1 is 0.714 bits per heavy atom. The molecule has 2 nitrogen and oxygen atoms in total. The summed E-state index contributed by atoms with van der Waals surface area (Å²) in [6.45, 7) is 1.10. The molecule has 2 heterocycles. The summed E-state index contributed by atoms with van der Waals surface area (Å²) in [5.74, 6) is 1.42. The van der Waals surface area contributed by atoms with Crippen LogP contribution in [0.2, 0.25) is 0 Å². The molecule has 0 N–H and O–H groups in total. The molecule has 1 aromatic heterocycles. The van der Waals surface area contributed by atoms with Gasteiger partial charge in [-0.1, -0.05) is 91.0 Å². The Hall–Kier alpha value is -2.65. The van der Waals surface area contributed by atoms with E-state index in [9.17, 15) is 0 Å². The summed E-state index contributed by atoms with van der Waals surface area (Å²) >= 11 is 0. The van der Waals surface area contributed by atoms with E-state index in [2.05, 4.69) is 106 Å². The van der Waals surface area contributed by atoms with Gasteiger partial charge in [0.1, 0.15) is 6.20 Å². The van der Waals surface area contributed by atoms with Gasteiger partial charge in [-0.2, -0.15) is 0 Å². The highest BCUT2D eigenvalue weighted by Crippen LogP contribution is 2.29. The minimum Gasteiger partial charge on any atom is -1.00 e. The molecule has 0 fully saturated rings. The highest BCUT2D eigenvalue weighted by Gasteiger charge is 2.33. The third-order valence-corrected chi connectivity index (χ3v) is 5.52. The highest BCUT2D eigenvalue weighted by atomic mass is 79.9. The third kappa shape index (κ3) is 3.31. The molecule has 0 amide bonds. The van der Waals surface area contributed by atoms with Gasteiger partial charge in [0.25, 0.3) is 5.82 Å². The Kier molecular flexibility index (Phi) is 5.45.